The molecule has 0 atom stereocenters. The Bertz CT molecular complexity index is 1070. The van der Waals surface area contributed by atoms with Crippen LogP contribution in [0.4, 0.5) is 10.1 Å². The van der Waals surface area contributed by atoms with Crippen molar-refractivity contribution in [3.8, 4) is 11.1 Å². The molecule has 30 heavy (non-hydrogen) atoms. The van der Waals surface area contributed by atoms with E-state index >= 15 is 0 Å². The van der Waals surface area contributed by atoms with Crippen LogP contribution in [-0.2, 0) is 9.53 Å². The zero-order chi connectivity index (χ0) is 21.5. The van der Waals surface area contributed by atoms with Gasteiger partial charge in [0.25, 0.3) is 0 Å². The summed E-state index contributed by atoms with van der Waals surface area (Å²) in [7, 11) is 1.30. The van der Waals surface area contributed by atoms with Crippen molar-refractivity contribution in [2.24, 2.45) is 0 Å². The lowest BCUT2D eigenvalue weighted by molar-refractivity contribution is -0.113. The summed E-state index contributed by atoms with van der Waals surface area (Å²) in [4.78, 5) is 24.9. The van der Waals surface area contributed by atoms with E-state index in [1.54, 1.807) is 17.5 Å². The average Bonchev–Trinajstić information content (AvgIpc) is 3.37. The second-order valence-corrected chi connectivity index (χ2v) is 9.19. The Morgan fingerprint density at radius 1 is 1.30 bits per heavy atom. The van der Waals surface area contributed by atoms with Crippen molar-refractivity contribution in [3.63, 3.8) is 0 Å². The molecule has 3 rings (SSSR count). The fourth-order valence-corrected chi connectivity index (χ4v) is 5.18. The molecule has 7 nitrogen and oxygen atoms in total. The largest absolute Gasteiger partial charge is 0.465 e. The molecule has 0 radical (unpaired) electrons. The maximum absolute atomic E-state index is 12.5. The van der Waals surface area contributed by atoms with Crippen LogP contribution >= 0.6 is 46.0 Å². The number of hydrogen-bond donors (Lipinski definition) is 2. The van der Waals surface area contributed by atoms with Gasteiger partial charge in [-0.15, -0.1) is 28.1 Å². The third kappa shape index (κ3) is 5.39. The minimum atomic E-state index is -0.545. The minimum Gasteiger partial charge on any atom is -0.465 e. The normalized spacial score (nSPS) is 10.5. The maximum atomic E-state index is 12.5. The number of halogens is 1. The first-order valence-corrected chi connectivity index (χ1v) is 11.6. The monoisotopic (exact) mass is 480 g/mol. The van der Waals surface area contributed by atoms with Crippen molar-refractivity contribution in [2.75, 3.05) is 30.0 Å². The molecule has 0 saturated heterocycles. The number of thioether (sulfide) groups is 1. The number of hydrogen-bond acceptors (Lipinski definition) is 9. The minimum absolute atomic E-state index is 0.121. The van der Waals surface area contributed by atoms with Crippen LogP contribution < -0.4 is 10.6 Å². The SMILES string of the molecule is C=CCNc1nnc(SCC(=O)Nc2scc(-c3ccccc3Cl)c2C(=O)OC)s1. The first-order valence-electron chi connectivity index (χ1n) is 8.59. The molecule has 156 valence electrons. The van der Waals surface area contributed by atoms with Gasteiger partial charge in [0.2, 0.25) is 11.0 Å². The van der Waals surface area contributed by atoms with E-state index in [1.807, 2.05) is 18.2 Å². The standard InChI is InChI=1S/C19H17ClN4O3S3/c1-3-8-21-18-23-24-19(30-18)29-10-14(25)22-16-15(17(26)27-2)12(9-28-16)11-6-4-5-7-13(11)20/h3-7,9H,1,8,10H2,2H3,(H,21,23)(H,22,25). The fourth-order valence-electron chi connectivity index (χ4n) is 2.42. The van der Waals surface area contributed by atoms with Crippen LogP contribution in [0.5, 0.6) is 0 Å². The molecule has 2 aromatic heterocycles. The number of rotatable bonds is 9. The first kappa shape index (κ1) is 22.3. The van der Waals surface area contributed by atoms with Gasteiger partial charge in [0.15, 0.2) is 4.34 Å². The van der Waals surface area contributed by atoms with Crippen molar-refractivity contribution in [1.82, 2.24) is 10.2 Å². The summed E-state index contributed by atoms with van der Waals surface area (Å²) in [6.07, 6.45) is 1.72. The van der Waals surface area contributed by atoms with Gasteiger partial charge in [-0.25, -0.2) is 4.79 Å². The van der Waals surface area contributed by atoms with Crippen molar-refractivity contribution in [3.05, 3.63) is 52.9 Å². The van der Waals surface area contributed by atoms with E-state index in [9.17, 15) is 9.59 Å². The summed E-state index contributed by atoms with van der Waals surface area (Å²) in [5.41, 5.74) is 1.59. The summed E-state index contributed by atoms with van der Waals surface area (Å²) in [5, 5.41) is 17.2. The molecule has 2 heterocycles. The average molecular weight is 481 g/mol. The lowest BCUT2D eigenvalue weighted by Crippen LogP contribution is -2.16. The zero-order valence-corrected chi connectivity index (χ0v) is 19.0. The topological polar surface area (TPSA) is 93.2 Å². The summed E-state index contributed by atoms with van der Waals surface area (Å²) in [6.45, 7) is 4.22. The Morgan fingerprint density at radius 3 is 2.83 bits per heavy atom. The summed E-state index contributed by atoms with van der Waals surface area (Å²) >= 11 is 10.1. The smallest absolute Gasteiger partial charge is 0.341 e. The number of carbonyl (C=O) groups excluding carboxylic acids is 2. The Kier molecular flexibility index (Phi) is 7.86. The van der Waals surface area contributed by atoms with E-state index in [0.29, 0.717) is 37.2 Å². The van der Waals surface area contributed by atoms with Crippen LogP contribution in [0.15, 0.2) is 46.6 Å². The number of nitrogens with zero attached hydrogens (tertiary/aromatic N) is 2. The molecule has 3 aromatic rings. The fraction of sp³-hybridized carbons (Fsp3) is 0.158. The van der Waals surface area contributed by atoms with Crippen LogP contribution in [0.3, 0.4) is 0 Å². The van der Waals surface area contributed by atoms with Crippen molar-refractivity contribution in [1.29, 1.82) is 0 Å². The highest BCUT2D eigenvalue weighted by Crippen LogP contribution is 2.39. The number of amides is 1. The van der Waals surface area contributed by atoms with Gasteiger partial charge in [0.1, 0.15) is 10.6 Å². The predicted molar refractivity (Wildman–Crippen MR) is 124 cm³/mol. The summed E-state index contributed by atoms with van der Waals surface area (Å²) < 4.78 is 5.58. The van der Waals surface area contributed by atoms with Gasteiger partial charge in [-0.3, -0.25) is 4.79 Å². The van der Waals surface area contributed by atoms with Crippen molar-refractivity contribution >= 4 is 68.0 Å². The van der Waals surface area contributed by atoms with Crippen LogP contribution in [0, 0.1) is 0 Å². The van der Waals surface area contributed by atoms with Gasteiger partial charge in [0.05, 0.1) is 12.9 Å². The predicted octanol–water partition coefficient (Wildman–Crippen LogP) is 5.04. The van der Waals surface area contributed by atoms with Crippen LogP contribution in [0.2, 0.25) is 5.02 Å². The highest BCUT2D eigenvalue weighted by molar-refractivity contribution is 8.01. The van der Waals surface area contributed by atoms with Gasteiger partial charge < -0.3 is 15.4 Å². The summed E-state index contributed by atoms with van der Waals surface area (Å²) in [6, 6.07) is 7.19. The maximum Gasteiger partial charge on any atom is 0.341 e. The van der Waals surface area contributed by atoms with Crippen molar-refractivity contribution < 1.29 is 14.3 Å². The molecule has 2 N–H and O–H groups in total. The van der Waals surface area contributed by atoms with E-state index in [0.717, 1.165) is 0 Å². The van der Waals surface area contributed by atoms with Gasteiger partial charge in [-0.1, -0.05) is 59.0 Å². The number of aromatic nitrogens is 2. The summed E-state index contributed by atoms with van der Waals surface area (Å²) in [5.74, 6) is -0.694. The number of benzene rings is 1. The number of ether oxygens (including phenoxy) is 1. The number of anilines is 2. The number of carbonyl (C=O) groups is 2. The first-order chi connectivity index (χ1) is 14.5. The lowest BCUT2D eigenvalue weighted by Gasteiger charge is -2.08. The molecule has 0 saturated carbocycles. The molecule has 0 bridgehead atoms. The second-order valence-electron chi connectivity index (χ2n) is 5.70. The zero-order valence-electron chi connectivity index (χ0n) is 15.8. The lowest BCUT2D eigenvalue weighted by atomic mass is 10.0. The molecule has 1 amide bonds. The molecule has 0 spiro atoms. The number of esters is 1. The Morgan fingerprint density at radius 2 is 2.10 bits per heavy atom. The molecule has 0 aliphatic carbocycles. The van der Waals surface area contributed by atoms with E-state index in [1.165, 1.54) is 41.5 Å². The molecular formula is C19H17ClN4O3S3. The van der Waals surface area contributed by atoms with Crippen LogP contribution in [0.1, 0.15) is 10.4 Å². The molecule has 11 heteroatoms. The van der Waals surface area contributed by atoms with E-state index in [2.05, 4.69) is 27.4 Å². The Hall–Kier alpha value is -2.40. The van der Waals surface area contributed by atoms with Gasteiger partial charge in [0, 0.05) is 28.1 Å². The second kappa shape index (κ2) is 10.6. The molecule has 0 unspecified atom stereocenters. The molecular weight excluding hydrogens is 464 g/mol. The van der Waals surface area contributed by atoms with E-state index < -0.39 is 5.97 Å². The Labute approximate surface area is 190 Å². The van der Waals surface area contributed by atoms with Gasteiger partial charge in [-0.2, -0.15) is 0 Å². The number of thiophene rings is 1. The third-order valence-corrected chi connectivity index (χ3v) is 6.97. The molecule has 0 aliphatic heterocycles. The highest BCUT2D eigenvalue weighted by atomic mass is 35.5. The quantitative estimate of drug-likeness (QED) is 0.252. The van der Waals surface area contributed by atoms with Gasteiger partial charge in [-0.05, 0) is 6.07 Å². The van der Waals surface area contributed by atoms with E-state index in [-0.39, 0.29) is 17.2 Å². The number of nitrogens with one attached hydrogen (secondary N) is 2. The Balaban J connectivity index is 1.72. The van der Waals surface area contributed by atoms with Gasteiger partial charge >= 0.3 is 5.97 Å². The molecule has 1 aromatic carbocycles. The molecule has 0 aliphatic rings. The third-order valence-electron chi connectivity index (χ3n) is 3.73. The number of methoxy groups -OCH3 is 1. The van der Waals surface area contributed by atoms with Crippen LogP contribution in [0.25, 0.3) is 11.1 Å². The van der Waals surface area contributed by atoms with Crippen LogP contribution in [-0.4, -0.2) is 41.5 Å². The van der Waals surface area contributed by atoms with E-state index in [4.69, 9.17) is 16.3 Å². The molecule has 0 fully saturated rings. The highest BCUT2D eigenvalue weighted by Gasteiger charge is 2.23. The van der Waals surface area contributed by atoms with Crippen molar-refractivity contribution in [2.45, 2.75) is 4.34 Å².